The van der Waals surface area contributed by atoms with Crippen LogP contribution in [0.15, 0.2) is 0 Å². The first kappa shape index (κ1) is 12.9. The predicted molar refractivity (Wildman–Crippen MR) is 56.1 cm³/mol. The summed E-state index contributed by atoms with van der Waals surface area (Å²) < 4.78 is 5.41. The molecule has 0 amide bonds. The maximum absolute atomic E-state index is 5.73. The van der Waals surface area contributed by atoms with E-state index in [2.05, 4.69) is 13.8 Å². The second-order valence-corrected chi connectivity index (χ2v) is 3.50. The standard InChI is InChI=1S/C10H24N2O/c1-3-5-7-9(11)13-10(12)8-6-4-2/h9-10H,3-8,11-12H2,1-2H3. The van der Waals surface area contributed by atoms with Crippen LogP contribution in [0.25, 0.3) is 0 Å². The lowest BCUT2D eigenvalue weighted by molar-refractivity contribution is -0.0152. The van der Waals surface area contributed by atoms with Gasteiger partial charge in [-0.2, -0.15) is 0 Å². The van der Waals surface area contributed by atoms with Crippen LogP contribution in [0.4, 0.5) is 0 Å². The van der Waals surface area contributed by atoms with Gasteiger partial charge in [-0.15, -0.1) is 0 Å². The smallest absolute Gasteiger partial charge is 0.107 e. The summed E-state index contributed by atoms with van der Waals surface area (Å²) in [5, 5.41) is 0. The molecule has 0 saturated heterocycles. The maximum atomic E-state index is 5.73. The van der Waals surface area contributed by atoms with Crippen LogP contribution < -0.4 is 11.5 Å². The van der Waals surface area contributed by atoms with Gasteiger partial charge in [0.25, 0.3) is 0 Å². The SMILES string of the molecule is CCCCC(N)OC(N)CCCC. The van der Waals surface area contributed by atoms with Crippen molar-refractivity contribution in [3.05, 3.63) is 0 Å². The van der Waals surface area contributed by atoms with Gasteiger partial charge in [0.15, 0.2) is 0 Å². The Labute approximate surface area is 81.8 Å². The summed E-state index contributed by atoms with van der Waals surface area (Å²) in [6.07, 6.45) is 6.01. The van der Waals surface area contributed by atoms with Crippen LogP contribution >= 0.6 is 0 Å². The van der Waals surface area contributed by atoms with E-state index >= 15 is 0 Å². The Hall–Kier alpha value is -0.120. The van der Waals surface area contributed by atoms with E-state index in [1.54, 1.807) is 0 Å². The second kappa shape index (κ2) is 8.48. The molecule has 0 aliphatic rings. The zero-order chi connectivity index (χ0) is 10.1. The summed E-state index contributed by atoms with van der Waals surface area (Å²) in [7, 11) is 0. The predicted octanol–water partition coefficient (Wildman–Crippen LogP) is 1.95. The minimum Gasteiger partial charge on any atom is -0.346 e. The summed E-state index contributed by atoms with van der Waals surface area (Å²) in [4.78, 5) is 0. The van der Waals surface area contributed by atoms with E-state index in [0.717, 1.165) is 38.5 Å². The Kier molecular flexibility index (Phi) is 8.40. The van der Waals surface area contributed by atoms with Crippen molar-refractivity contribution in [2.45, 2.75) is 64.8 Å². The molecule has 2 unspecified atom stereocenters. The maximum Gasteiger partial charge on any atom is 0.107 e. The van der Waals surface area contributed by atoms with E-state index in [-0.39, 0.29) is 12.5 Å². The summed E-state index contributed by atoms with van der Waals surface area (Å²) in [6, 6.07) is 0. The molecule has 0 radical (unpaired) electrons. The van der Waals surface area contributed by atoms with Crippen molar-refractivity contribution in [3.8, 4) is 0 Å². The highest BCUT2D eigenvalue weighted by Crippen LogP contribution is 2.05. The normalized spacial score (nSPS) is 15.7. The fraction of sp³-hybridized carbons (Fsp3) is 1.00. The van der Waals surface area contributed by atoms with E-state index < -0.39 is 0 Å². The first-order chi connectivity index (χ1) is 6.20. The fourth-order valence-electron chi connectivity index (χ4n) is 1.17. The Morgan fingerprint density at radius 3 is 1.62 bits per heavy atom. The number of hydrogen-bond acceptors (Lipinski definition) is 3. The monoisotopic (exact) mass is 188 g/mol. The van der Waals surface area contributed by atoms with Crippen molar-refractivity contribution in [2.24, 2.45) is 11.5 Å². The molecule has 0 fully saturated rings. The van der Waals surface area contributed by atoms with E-state index in [4.69, 9.17) is 16.2 Å². The Morgan fingerprint density at radius 1 is 0.923 bits per heavy atom. The summed E-state index contributed by atoms with van der Waals surface area (Å²) >= 11 is 0. The lowest BCUT2D eigenvalue weighted by Crippen LogP contribution is -2.34. The van der Waals surface area contributed by atoms with Gasteiger partial charge in [-0.25, -0.2) is 0 Å². The number of hydrogen-bond donors (Lipinski definition) is 2. The molecule has 0 aliphatic carbocycles. The van der Waals surface area contributed by atoms with Gasteiger partial charge >= 0.3 is 0 Å². The van der Waals surface area contributed by atoms with E-state index in [1.807, 2.05) is 0 Å². The fourth-order valence-corrected chi connectivity index (χ4v) is 1.17. The topological polar surface area (TPSA) is 61.3 Å². The van der Waals surface area contributed by atoms with Crippen LogP contribution in [0.3, 0.4) is 0 Å². The molecular weight excluding hydrogens is 164 g/mol. The molecule has 0 aromatic heterocycles. The average Bonchev–Trinajstić information content (AvgIpc) is 2.11. The molecule has 80 valence electrons. The molecule has 4 N–H and O–H groups in total. The molecule has 0 aliphatic heterocycles. The van der Waals surface area contributed by atoms with Gasteiger partial charge in [-0.05, 0) is 25.7 Å². The van der Waals surface area contributed by atoms with E-state index in [1.165, 1.54) is 0 Å². The minimum absolute atomic E-state index is 0.174. The van der Waals surface area contributed by atoms with Crippen molar-refractivity contribution in [2.75, 3.05) is 0 Å². The highest BCUT2D eigenvalue weighted by Gasteiger charge is 2.07. The Bertz CT molecular complexity index is 97.1. The molecule has 0 spiro atoms. The highest BCUT2D eigenvalue weighted by molar-refractivity contribution is 4.53. The van der Waals surface area contributed by atoms with Crippen LogP contribution in [-0.2, 0) is 4.74 Å². The minimum atomic E-state index is -0.174. The van der Waals surface area contributed by atoms with E-state index in [9.17, 15) is 0 Å². The Balaban J connectivity index is 3.35. The molecule has 0 heterocycles. The number of rotatable bonds is 8. The number of unbranched alkanes of at least 4 members (excludes halogenated alkanes) is 2. The van der Waals surface area contributed by atoms with Gasteiger partial charge in [0.2, 0.25) is 0 Å². The number of ether oxygens (including phenoxy) is 1. The molecule has 3 heteroatoms. The van der Waals surface area contributed by atoms with Crippen molar-refractivity contribution < 1.29 is 4.74 Å². The third-order valence-electron chi connectivity index (χ3n) is 2.03. The third-order valence-corrected chi connectivity index (χ3v) is 2.03. The molecule has 0 saturated carbocycles. The van der Waals surface area contributed by atoms with Gasteiger partial charge in [0.1, 0.15) is 12.5 Å². The van der Waals surface area contributed by atoms with Crippen LogP contribution in [0.1, 0.15) is 52.4 Å². The van der Waals surface area contributed by atoms with Crippen LogP contribution in [0, 0.1) is 0 Å². The van der Waals surface area contributed by atoms with Gasteiger partial charge in [-0.1, -0.05) is 26.7 Å². The van der Waals surface area contributed by atoms with Crippen molar-refractivity contribution in [1.29, 1.82) is 0 Å². The summed E-state index contributed by atoms with van der Waals surface area (Å²) in [6.45, 7) is 4.29. The Morgan fingerprint density at radius 2 is 1.31 bits per heavy atom. The molecule has 3 nitrogen and oxygen atoms in total. The zero-order valence-corrected chi connectivity index (χ0v) is 8.96. The second-order valence-electron chi connectivity index (χ2n) is 3.50. The van der Waals surface area contributed by atoms with Gasteiger partial charge in [-0.3, -0.25) is 0 Å². The van der Waals surface area contributed by atoms with Crippen molar-refractivity contribution in [1.82, 2.24) is 0 Å². The molecule has 0 aromatic carbocycles. The molecule has 0 rings (SSSR count). The van der Waals surface area contributed by atoms with Crippen LogP contribution in [-0.4, -0.2) is 12.5 Å². The molecular formula is C10H24N2O. The van der Waals surface area contributed by atoms with E-state index in [0.29, 0.717) is 0 Å². The lowest BCUT2D eigenvalue weighted by Gasteiger charge is -2.18. The average molecular weight is 188 g/mol. The van der Waals surface area contributed by atoms with Crippen molar-refractivity contribution >= 4 is 0 Å². The zero-order valence-electron chi connectivity index (χ0n) is 8.96. The van der Waals surface area contributed by atoms with Gasteiger partial charge in [0.05, 0.1) is 0 Å². The van der Waals surface area contributed by atoms with Gasteiger partial charge < -0.3 is 16.2 Å². The summed E-state index contributed by atoms with van der Waals surface area (Å²) in [5.74, 6) is 0. The first-order valence-electron chi connectivity index (χ1n) is 5.37. The largest absolute Gasteiger partial charge is 0.346 e. The lowest BCUT2D eigenvalue weighted by atomic mass is 10.2. The van der Waals surface area contributed by atoms with Crippen molar-refractivity contribution in [3.63, 3.8) is 0 Å². The number of nitrogens with two attached hydrogens (primary N) is 2. The highest BCUT2D eigenvalue weighted by atomic mass is 16.5. The van der Waals surface area contributed by atoms with Crippen LogP contribution in [0.2, 0.25) is 0 Å². The summed E-state index contributed by atoms with van der Waals surface area (Å²) in [5.41, 5.74) is 11.5. The molecule has 0 aromatic rings. The molecule has 0 bridgehead atoms. The molecule has 13 heavy (non-hydrogen) atoms. The van der Waals surface area contributed by atoms with Gasteiger partial charge in [0, 0.05) is 0 Å². The third kappa shape index (κ3) is 8.22. The quantitative estimate of drug-likeness (QED) is 0.572. The molecule has 2 atom stereocenters. The first-order valence-corrected chi connectivity index (χ1v) is 5.37. The van der Waals surface area contributed by atoms with Crippen LogP contribution in [0.5, 0.6) is 0 Å².